The topological polar surface area (TPSA) is 36.9 Å². The highest BCUT2D eigenvalue weighted by Gasteiger charge is 2.22. The Morgan fingerprint density at radius 1 is 1.22 bits per heavy atom. The number of hydrogen-bond donors (Lipinski definition) is 1. The minimum Gasteiger partial charge on any atom is -0.490 e. The van der Waals surface area contributed by atoms with E-state index >= 15 is 0 Å². The lowest BCUT2D eigenvalue weighted by Crippen LogP contribution is -2.47. The largest absolute Gasteiger partial charge is 0.490 e. The van der Waals surface area contributed by atoms with Gasteiger partial charge in [-0.15, -0.1) is 35.3 Å². The quantitative estimate of drug-likeness (QED) is 0.346. The Kier molecular flexibility index (Phi) is 9.41. The smallest absolute Gasteiger partial charge is 0.193 e. The van der Waals surface area contributed by atoms with E-state index in [1.54, 1.807) is 0 Å². The highest BCUT2D eigenvalue weighted by atomic mass is 127. The molecule has 1 N–H and O–H groups in total. The van der Waals surface area contributed by atoms with Crippen molar-refractivity contribution in [2.24, 2.45) is 4.99 Å². The molecule has 0 spiro atoms. The number of aliphatic imine (C=N–C) groups is 1. The van der Waals surface area contributed by atoms with Gasteiger partial charge in [0, 0.05) is 43.3 Å². The Morgan fingerprint density at radius 2 is 1.96 bits per heavy atom. The number of hydrogen-bond acceptors (Lipinski definition) is 3. The van der Waals surface area contributed by atoms with Crippen LogP contribution in [-0.4, -0.2) is 43.1 Å². The van der Waals surface area contributed by atoms with Crippen LogP contribution < -0.4 is 10.1 Å². The van der Waals surface area contributed by atoms with E-state index in [0.717, 1.165) is 50.7 Å². The minimum atomic E-state index is 0. The van der Waals surface area contributed by atoms with Gasteiger partial charge in [0.15, 0.2) is 5.96 Å². The zero-order valence-electron chi connectivity index (χ0n) is 16.1. The highest BCUT2D eigenvalue weighted by Crippen LogP contribution is 2.22. The summed E-state index contributed by atoms with van der Waals surface area (Å²) in [6.45, 7) is 8.06. The molecular formula is C21H30IN3OS. The monoisotopic (exact) mass is 499 g/mol. The van der Waals surface area contributed by atoms with Gasteiger partial charge in [-0.1, -0.05) is 31.2 Å². The molecule has 1 atom stereocenters. The Morgan fingerprint density at radius 3 is 2.59 bits per heavy atom. The van der Waals surface area contributed by atoms with Crippen molar-refractivity contribution in [1.29, 1.82) is 0 Å². The number of nitrogens with zero attached hydrogens (tertiary/aromatic N) is 2. The molecule has 1 saturated heterocycles. The second-order valence-electron chi connectivity index (χ2n) is 6.73. The van der Waals surface area contributed by atoms with Crippen LogP contribution in [0.3, 0.4) is 0 Å². The molecule has 2 heterocycles. The van der Waals surface area contributed by atoms with Gasteiger partial charge in [-0.05, 0) is 30.5 Å². The predicted octanol–water partition coefficient (Wildman–Crippen LogP) is 4.98. The molecule has 1 aromatic carbocycles. The maximum atomic E-state index is 6.10. The lowest BCUT2D eigenvalue weighted by Gasteiger charge is -2.34. The summed E-state index contributed by atoms with van der Waals surface area (Å²) in [5, 5.41) is 5.59. The molecule has 1 aliphatic heterocycles. The van der Waals surface area contributed by atoms with E-state index in [-0.39, 0.29) is 24.0 Å². The van der Waals surface area contributed by atoms with E-state index < -0.39 is 0 Å². The summed E-state index contributed by atoms with van der Waals surface area (Å²) in [5.74, 6) is 2.47. The van der Waals surface area contributed by atoms with Gasteiger partial charge in [0.05, 0.1) is 6.54 Å². The first kappa shape index (κ1) is 22.0. The summed E-state index contributed by atoms with van der Waals surface area (Å²) < 4.78 is 6.10. The summed E-state index contributed by atoms with van der Waals surface area (Å²) in [7, 11) is 0. The van der Waals surface area contributed by atoms with Gasteiger partial charge in [0.2, 0.25) is 0 Å². The molecule has 148 valence electrons. The molecule has 6 heteroatoms. The molecule has 0 bridgehead atoms. The molecule has 27 heavy (non-hydrogen) atoms. The van der Waals surface area contributed by atoms with Crippen molar-refractivity contribution in [1.82, 2.24) is 10.2 Å². The average Bonchev–Trinajstić information content (AvgIpc) is 3.21. The SMILES string of the molecule is CCNC(=NCC(C)c1cccs1)N1CCC(Oc2ccccc2)CC1.I. The van der Waals surface area contributed by atoms with Gasteiger partial charge in [-0.2, -0.15) is 0 Å². The van der Waals surface area contributed by atoms with E-state index in [9.17, 15) is 0 Å². The fourth-order valence-corrected chi connectivity index (χ4v) is 3.97. The maximum Gasteiger partial charge on any atom is 0.193 e. The van der Waals surface area contributed by atoms with Crippen molar-refractivity contribution in [2.45, 2.75) is 38.7 Å². The van der Waals surface area contributed by atoms with Crippen LogP contribution in [0.2, 0.25) is 0 Å². The van der Waals surface area contributed by atoms with Crippen molar-refractivity contribution in [3.8, 4) is 5.75 Å². The number of nitrogens with one attached hydrogen (secondary N) is 1. The summed E-state index contributed by atoms with van der Waals surface area (Å²) in [5.41, 5.74) is 0. The van der Waals surface area contributed by atoms with E-state index in [1.807, 2.05) is 41.7 Å². The molecule has 2 aromatic rings. The molecule has 1 fully saturated rings. The first-order valence-electron chi connectivity index (χ1n) is 9.54. The standard InChI is InChI=1S/C21H29N3OS.HI/c1-3-22-21(23-16-17(2)20-10-7-15-26-20)24-13-11-19(12-14-24)25-18-8-5-4-6-9-18;/h4-10,15,17,19H,3,11-14,16H2,1-2H3,(H,22,23);1H. The minimum absolute atomic E-state index is 0. The number of benzene rings is 1. The highest BCUT2D eigenvalue weighted by molar-refractivity contribution is 14.0. The van der Waals surface area contributed by atoms with Crippen LogP contribution in [0.4, 0.5) is 0 Å². The average molecular weight is 499 g/mol. The van der Waals surface area contributed by atoms with E-state index in [1.165, 1.54) is 4.88 Å². The first-order chi connectivity index (χ1) is 12.8. The predicted molar refractivity (Wildman–Crippen MR) is 126 cm³/mol. The molecular weight excluding hydrogens is 469 g/mol. The zero-order chi connectivity index (χ0) is 18.2. The number of para-hydroxylation sites is 1. The summed E-state index contributed by atoms with van der Waals surface area (Å²) in [4.78, 5) is 8.67. The number of guanidine groups is 1. The fraction of sp³-hybridized carbons (Fsp3) is 0.476. The molecule has 4 nitrogen and oxygen atoms in total. The number of likely N-dealkylation sites (tertiary alicyclic amines) is 1. The van der Waals surface area contributed by atoms with Crippen LogP contribution in [0, 0.1) is 0 Å². The summed E-state index contributed by atoms with van der Waals surface area (Å²) in [6.07, 6.45) is 2.35. The molecule has 1 aliphatic rings. The van der Waals surface area contributed by atoms with Crippen molar-refractivity contribution in [3.05, 3.63) is 52.7 Å². The molecule has 0 radical (unpaired) electrons. The summed E-state index contributed by atoms with van der Waals surface area (Å²) >= 11 is 1.81. The number of thiophene rings is 1. The Bertz CT molecular complexity index is 670. The molecule has 3 rings (SSSR count). The zero-order valence-corrected chi connectivity index (χ0v) is 19.3. The van der Waals surface area contributed by atoms with Gasteiger partial charge in [-0.25, -0.2) is 0 Å². The second-order valence-corrected chi connectivity index (χ2v) is 7.71. The van der Waals surface area contributed by atoms with E-state index in [4.69, 9.17) is 9.73 Å². The van der Waals surface area contributed by atoms with Crippen molar-refractivity contribution in [2.75, 3.05) is 26.2 Å². The van der Waals surface area contributed by atoms with Crippen LogP contribution in [-0.2, 0) is 0 Å². The molecule has 0 amide bonds. The molecule has 0 saturated carbocycles. The summed E-state index contributed by atoms with van der Waals surface area (Å²) in [6, 6.07) is 14.4. The third-order valence-electron chi connectivity index (χ3n) is 4.67. The van der Waals surface area contributed by atoms with Crippen molar-refractivity contribution < 1.29 is 4.74 Å². The normalized spacial score (nSPS) is 16.5. The van der Waals surface area contributed by atoms with Gasteiger partial charge in [-0.3, -0.25) is 4.99 Å². The first-order valence-corrected chi connectivity index (χ1v) is 10.4. The van der Waals surface area contributed by atoms with Gasteiger partial charge >= 0.3 is 0 Å². The van der Waals surface area contributed by atoms with Crippen molar-refractivity contribution in [3.63, 3.8) is 0 Å². The van der Waals surface area contributed by atoms with Crippen molar-refractivity contribution >= 4 is 41.3 Å². The van der Waals surface area contributed by atoms with Gasteiger partial charge < -0.3 is 15.0 Å². The van der Waals surface area contributed by atoms with Gasteiger partial charge in [0.25, 0.3) is 0 Å². The lowest BCUT2D eigenvalue weighted by atomic mass is 10.1. The second kappa shape index (κ2) is 11.5. The molecule has 0 aliphatic carbocycles. The van der Waals surface area contributed by atoms with E-state index in [2.05, 4.69) is 41.6 Å². The van der Waals surface area contributed by atoms with E-state index in [0.29, 0.717) is 12.0 Å². The number of piperidine rings is 1. The molecule has 1 aromatic heterocycles. The van der Waals surface area contributed by atoms with Crippen LogP contribution in [0.25, 0.3) is 0 Å². The Balaban J connectivity index is 0.00000261. The third kappa shape index (κ3) is 6.68. The third-order valence-corrected chi connectivity index (χ3v) is 5.77. The maximum absolute atomic E-state index is 6.10. The number of ether oxygens (including phenoxy) is 1. The Labute approximate surface area is 184 Å². The molecule has 1 unspecified atom stereocenters. The number of rotatable bonds is 6. The van der Waals surface area contributed by atoms with Crippen LogP contribution in [0.5, 0.6) is 5.75 Å². The number of halogens is 1. The Hall–Kier alpha value is -1.28. The van der Waals surface area contributed by atoms with Crippen LogP contribution in [0.1, 0.15) is 37.5 Å². The van der Waals surface area contributed by atoms with Crippen LogP contribution in [0.15, 0.2) is 52.8 Å². The van der Waals surface area contributed by atoms with Gasteiger partial charge in [0.1, 0.15) is 11.9 Å². The fourth-order valence-electron chi connectivity index (χ4n) is 3.19. The van der Waals surface area contributed by atoms with Crippen LogP contribution >= 0.6 is 35.3 Å². The lowest BCUT2D eigenvalue weighted by molar-refractivity contribution is 0.129.